The number of anilines is 1. The van der Waals surface area contributed by atoms with Crippen molar-refractivity contribution in [3.63, 3.8) is 0 Å². The Hall–Kier alpha value is -6.10. The van der Waals surface area contributed by atoms with Gasteiger partial charge in [-0.3, -0.25) is 24.2 Å². The molecule has 0 bridgehead atoms. The molecule has 4 amide bonds. The van der Waals surface area contributed by atoms with Crippen LogP contribution in [0.3, 0.4) is 0 Å². The average Bonchev–Trinajstić information content (AvgIpc) is 3.84. The first-order valence-corrected chi connectivity index (χ1v) is 24.9. The van der Waals surface area contributed by atoms with Crippen LogP contribution in [-0.2, 0) is 25.4 Å². The maximum absolute atomic E-state index is 14.4. The molecule has 4 aliphatic rings. The van der Waals surface area contributed by atoms with Gasteiger partial charge in [-0.25, -0.2) is 9.97 Å². The minimum absolute atomic E-state index is 0.0428. The smallest absolute Gasteiger partial charge is 0.416 e. The summed E-state index contributed by atoms with van der Waals surface area (Å²) in [5, 5.41) is 9.61. The monoisotopic (exact) mass is 966 g/mol. The Balaban J connectivity index is 0.805. The molecule has 1 unspecified atom stereocenters. The number of likely N-dealkylation sites (tertiary alicyclic amines) is 2. The van der Waals surface area contributed by atoms with Gasteiger partial charge in [0.25, 0.3) is 0 Å². The number of aromatic nitrogens is 3. The van der Waals surface area contributed by atoms with E-state index in [2.05, 4.69) is 62.8 Å². The summed E-state index contributed by atoms with van der Waals surface area (Å²) in [4.78, 5) is 72.3. The van der Waals surface area contributed by atoms with Crippen LogP contribution in [0.4, 0.5) is 19.0 Å². The Kier molecular flexibility index (Phi) is 16.0. The normalized spacial score (nSPS) is 24.1. The molecule has 3 fully saturated rings. The highest BCUT2D eigenvalue weighted by Gasteiger charge is 2.46. The van der Waals surface area contributed by atoms with E-state index in [0.717, 1.165) is 85.9 Å². The molecule has 8 rings (SSSR count). The van der Waals surface area contributed by atoms with Crippen LogP contribution in [0.25, 0.3) is 16.5 Å². The summed E-state index contributed by atoms with van der Waals surface area (Å²) in [5.74, 6) is -0.256. The maximum Gasteiger partial charge on any atom is 0.416 e. The Morgan fingerprint density at radius 1 is 0.943 bits per heavy atom. The van der Waals surface area contributed by atoms with Crippen LogP contribution in [-0.4, -0.2) is 111 Å². The fourth-order valence-electron chi connectivity index (χ4n) is 10.7. The van der Waals surface area contributed by atoms with Gasteiger partial charge in [0.15, 0.2) is 0 Å². The van der Waals surface area contributed by atoms with Gasteiger partial charge in [-0.05, 0) is 132 Å². The zero-order valence-electron chi connectivity index (χ0n) is 40.6. The molecule has 1 saturated carbocycles. The van der Waals surface area contributed by atoms with E-state index in [1.165, 1.54) is 12.4 Å². The second-order valence-electron chi connectivity index (χ2n) is 19.7. The number of carbonyl (C=O) groups is 4. The number of unbranched alkanes of at least 4 members (excludes halogenated alkanes) is 3. The van der Waals surface area contributed by atoms with E-state index >= 15 is 0 Å². The van der Waals surface area contributed by atoms with Crippen LogP contribution in [0.5, 0.6) is 5.75 Å². The summed E-state index contributed by atoms with van der Waals surface area (Å²) in [6, 6.07) is 14.6. The number of pyridine rings is 1. The van der Waals surface area contributed by atoms with Crippen molar-refractivity contribution >= 4 is 45.9 Å². The van der Waals surface area contributed by atoms with E-state index in [4.69, 9.17) is 4.74 Å². The van der Waals surface area contributed by atoms with Gasteiger partial charge in [-0.1, -0.05) is 37.1 Å². The van der Waals surface area contributed by atoms with Gasteiger partial charge >= 0.3 is 6.18 Å². The minimum Gasteiger partial charge on any atom is -0.494 e. The Morgan fingerprint density at radius 2 is 1.71 bits per heavy atom. The largest absolute Gasteiger partial charge is 0.494 e. The molecule has 3 N–H and O–H groups in total. The molecule has 0 spiro atoms. The van der Waals surface area contributed by atoms with Crippen molar-refractivity contribution in [2.24, 2.45) is 11.8 Å². The number of nitrogens with zero attached hydrogens (tertiary/aromatic N) is 6. The van der Waals surface area contributed by atoms with E-state index < -0.39 is 29.9 Å². The summed E-state index contributed by atoms with van der Waals surface area (Å²) >= 11 is 0. The first-order valence-electron chi connectivity index (χ1n) is 24.9. The third-order valence-electron chi connectivity index (χ3n) is 15.0. The van der Waals surface area contributed by atoms with Crippen molar-refractivity contribution < 1.29 is 37.1 Å². The lowest BCUT2D eigenvalue weighted by Crippen LogP contribution is -2.54. The fraction of sp³-hybridized carbons (Fsp3) is 0.528. The molecular weight excluding hydrogens is 900 g/mol. The number of halogens is 3. The van der Waals surface area contributed by atoms with Crippen molar-refractivity contribution in [3.8, 4) is 5.75 Å². The first-order chi connectivity index (χ1) is 33.7. The number of benzene rings is 2. The summed E-state index contributed by atoms with van der Waals surface area (Å²) < 4.78 is 47.2. The van der Waals surface area contributed by atoms with Crippen LogP contribution < -0.4 is 20.7 Å². The number of alkyl halides is 3. The highest BCUT2D eigenvalue weighted by atomic mass is 19.4. The zero-order valence-corrected chi connectivity index (χ0v) is 40.6. The van der Waals surface area contributed by atoms with Crippen LogP contribution in [0, 0.1) is 11.8 Å². The molecule has 4 aromatic rings. The quantitative estimate of drug-likeness (QED) is 0.0828. The molecule has 70 heavy (non-hydrogen) atoms. The molecule has 2 aromatic heterocycles. The van der Waals surface area contributed by atoms with Crippen molar-refractivity contribution in [1.29, 1.82) is 0 Å². The molecule has 2 aliphatic heterocycles. The van der Waals surface area contributed by atoms with E-state index in [0.29, 0.717) is 50.0 Å². The standard InChI is InChI=1S/C53H66F3N9O5/c1-33(2)63(3)39-18-20-40(21-19-39)65-46(30-45(52(65)69)61-49-42-28-38(53(54,55)56)17-24-44(42)59-32-60-49)62-50(67)36-13-11-34(12-14-36)35-15-22-41(23-16-35)70-27-8-6-5-7-26-58-51(68)43-29-47(66)64(4)48(43)37-10-9-25-57-31-37/h9-11,15-17,22-25,28,31-33,36,39-40,43,45-46,48H,5-8,12-14,18-21,26-27,29-30H2,1-4H3,(H,58,68)(H,62,67)(H,59,60,61)/t36?,39?,40?,43-,45-,46+,48+/m0/s1. The van der Waals surface area contributed by atoms with Crippen LogP contribution in [0.15, 0.2) is 79.4 Å². The Bertz CT molecular complexity index is 2500. The zero-order chi connectivity index (χ0) is 49.5. The van der Waals surface area contributed by atoms with E-state index in [1.54, 1.807) is 24.3 Å². The number of allylic oxidation sites excluding steroid dienone is 2. The maximum atomic E-state index is 14.4. The van der Waals surface area contributed by atoms with Crippen molar-refractivity contribution in [2.75, 3.05) is 32.6 Å². The number of amides is 4. The molecule has 2 aromatic carbocycles. The fourth-order valence-corrected chi connectivity index (χ4v) is 10.7. The van der Waals surface area contributed by atoms with E-state index in [-0.39, 0.29) is 65.7 Å². The van der Waals surface area contributed by atoms with Crippen LogP contribution in [0.1, 0.15) is 120 Å². The molecule has 2 aliphatic carbocycles. The summed E-state index contributed by atoms with van der Waals surface area (Å²) in [7, 11) is 3.87. The van der Waals surface area contributed by atoms with Gasteiger partial charge in [0.05, 0.1) is 29.6 Å². The number of rotatable bonds is 18. The number of hydrogen-bond donors (Lipinski definition) is 3. The highest BCUT2D eigenvalue weighted by Crippen LogP contribution is 2.39. The van der Waals surface area contributed by atoms with Gasteiger partial charge < -0.3 is 35.4 Å². The van der Waals surface area contributed by atoms with Gasteiger partial charge in [-0.15, -0.1) is 0 Å². The highest BCUT2D eigenvalue weighted by molar-refractivity contribution is 5.94. The average molecular weight is 966 g/mol. The van der Waals surface area contributed by atoms with E-state index in [1.807, 2.05) is 41.3 Å². The van der Waals surface area contributed by atoms with Crippen LogP contribution >= 0.6 is 0 Å². The van der Waals surface area contributed by atoms with Gasteiger partial charge in [-0.2, -0.15) is 13.2 Å². The number of carbonyl (C=O) groups excluding carboxylic acids is 4. The summed E-state index contributed by atoms with van der Waals surface area (Å²) in [6.45, 7) is 5.47. The lowest BCUT2D eigenvalue weighted by Gasteiger charge is -2.41. The Labute approximate surface area is 408 Å². The van der Waals surface area contributed by atoms with Crippen molar-refractivity contribution in [2.45, 2.75) is 140 Å². The van der Waals surface area contributed by atoms with Gasteiger partial charge in [0.2, 0.25) is 23.6 Å². The van der Waals surface area contributed by atoms with Crippen molar-refractivity contribution in [3.05, 3.63) is 96.1 Å². The second-order valence-corrected chi connectivity index (χ2v) is 19.7. The van der Waals surface area contributed by atoms with Gasteiger partial charge in [0, 0.05) is 68.3 Å². The second kappa shape index (κ2) is 22.3. The molecule has 5 atom stereocenters. The third-order valence-corrected chi connectivity index (χ3v) is 15.0. The molecule has 17 heteroatoms. The minimum atomic E-state index is -4.56. The summed E-state index contributed by atoms with van der Waals surface area (Å²) in [6.07, 6.45) is 11.0. The Morgan fingerprint density at radius 3 is 2.41 bits per heavy atom. The van der Waals surface area contributed by atoms with Crippen molar-refractivity contribution in [1.82, 2.24) is 40.3 Å². The number of ether oxygens (including phenoxy) is 1. The number of fused-ring (bicyclic) bond motifs is 1. The van der Waals surface area contributed by atoms with Gasteiger partial charge in [0.1, 0.15) is 30.1 Å². The van der Waals surface area contributed by atoms with E-state index in [9.17, 15) is 32.3 Å². The lowest BCUT2D eigenvalue weighted by molar-refractivity contribution is -0.138. The molecular formula is C53H66F3N9O5. The lowest BCUT2D eigenvalue weighted by atomic mass is 9.86. The number of nitrogens with one attached hydrogen (secondary N) is 3. The first kappa shape index (κ1) is 50.3. The summed E-state index contributed by atoms with van der Waals surface area (Å²) in [5.41, 5.74) is 2.60. The topological polar surface area (TPSA) is 162 Å². The molecule has 374 valence electrons. The predicted molar refractivity (Wildman–Crippen MR) is 261 cm³/mol. The predicted octanol–water partition coefficient (Wildman–Crippen LogP) is 8.31. The molecule has 0 radical (unpaired) electrons. The number of hydrogen-bond acceptors (Lipinski definition) is 10. The van der Waals surface area contributed by atoms with Crippen LogP contribution in [0.2, 0.25) is 0 Å². The molecule has 14 nitrogen and oxygen atoms in total. The molecule has 2 saturated heterocycles. The molecule has 4 heterocycles. The SMILES string of the molecule is CC(C)N(C)C1CCC(N2C(=O)[C@@H](Nc3ncnc4ccc(C(F)(F)F)cc34)C[C@@H]2NC(=O)C2CC=C(c3ccc(OCCCCCCNC(=O)[C@H]4CC(=O)N(C)[C@@H]4c4cccnc4)cc3)CC2)CC1. The third kappa shape index (κ3) is 11.7.